The lowest BCUT2D eigenvalue weighted by Gasteiger charge is -2.09. The predicted molar refractivity (Wildman–Crippen MR) is 92.5 cm³/mol. The molecule has 2 rings (SSSR count). The van der Waals surface area contributed by atoms with Gasteiger partial charge in [0.25, 0.3) is 0 Å². The molecule has 2 aromatic rings. The number of ether oxygens (including phenoxy) is 4. The molecule has 2 aromatic carbocycles. The van der Waals surface area contributed by atoms with Gasteiger partial charge in [0.2, 0.25) is 0 Å². The molecular formula is C18H24O7. The molecule has 138 valence electrons. The van der Waals surface area contributed by atoms with Gasteiger partial charge >= 0.3 is 0 Å². The lowest BCUT2D eigenvalue weighted by Crippen LogP contribution is -2.13. The Bertz CT molecular complexity index is 550. The Hall–Kier alpha value is -2.48. The average Bonchev–Trinajstić information content (AvgIpc) is 2.59. The minimum absolute atomic E-state index is 0. The first-order chi connectivity index (χ1) is 11.8. The second-order valence-electron chi connectivity index (χ2n) is 4.86. The van der Waals surface area contributed by atoms with Crippen molar-refractivity contribution in [3.63, 3.8) is 0 Å². The molecule has 0 unspecified atom stereocenters. The highest BCUT2D eigenvalue weighted by Crippen LogP contribution is 2.24. The highest BCUT2D eigenvalue weighted by atomic mass is 16.6. The molecule has 0 aliphatic rings. The van der Waals surface area contributed by atoms with Crippen molar-refractivity contribution in [2.45, 2.75) is 0 Å². The second kappa shape index (κ2) is 12.0. The van der Waals surface area contributed by atoms with Crippen molar-refractivity contribution in [1.82, 2.24) is 0 Å². The van der Waals surface area contributed by atoms with Crippen molar-refractivity contribution in [2.24, 2.45) is 0 Å². The summed E-state index contributed by atoms with van der Waals surface area (Å²) in [7, 11) is 0. The van der Waals surface area contributed by atoms with Crippen molar-refractivity contribution >= 4 is 0 Å². The second-order valence-corrected chi connectivity index (χ2v) is 4.86. The highest BCUT2D eigenvalue weighted by molar-refractivity contribution is 5.38. The van der Waals surface area contributed by atoms with E-state index >= 15 is 0 Å². The van der Waals surface area contributed by atoms with E-state index in [0.717, 1.165) is 0 Å². The zero-order valence-electron chi connectivity index (χ0n) is 13.9. The monoisotopic (exact) mass is 352 g/mol. The van der Waals surface area contributed by atoms with E-state index < -0.39 is 0 Å². The summed E-state index contributed by atoms with van der Waals surface area (Å²) in [5.41, 5.74) is 0. The van der Waals surface area contributed by atoms with E-state index in [0.29, 0.717) is 51.1 Å². The fourth-order valence-electron chi connectivity index (χ4n) is 1.90. The third kappa shape index (κ3) is 7.75. The van der Waals surface area contributed by atoms with Gasteiger partial charge in [0, 0.05) is 0 Å². The van der Waals surface area contributed by atoms with Crippen LogP contribution in [0.3, 0.4) is 0 Å². The number of aromatic hydroxyl groups is 2. The van der Waals surface area contributed by atoms with Crippen LogP contribution in [0.15, 0.2) is 48.5 Å². The third-order valence-electron chi connectivity index (χ3n) is 3.07. The van der Waals surface area contributed by atoms with Gasteiger partial charge in [-0.2, -0.15) is 0 Å². The Morgan fingerprint density at radius 2 is 0.920 bits per heavy atom. The third-order valence-corrected chi connectivity index (χ3v) is 3.07. The number of hydrogen-bond donors (Lipinski definition) is 2. The minimum Gasteiger partial charge on any atom is -0.504 e. The fraction of sp³-hybridized carbons (Fsp3) is 0.333. The Morgan fingerprint density at radius 1 is 0.560 bits per heavy atom. The van der Waals surface area contributed by atoms with E-state index in [2.05, 4.69) is 0 Å². The van der Waals surface area contributed by atoms with E-state index in [-0.39, 0.29) is 17.0 Å². The Balaban J connectivity index is 0.00000312. The van der Waals surface area contributed by atoms with Crippen molar-refractivity contribution in [3.05, 3.63) is 48.5 Å². The summed E-state index contributed by atoms with van der Waals surface area (Å²) < 4.78 is 21.5. The zero-order chi connectivity index (χ0) is 17.0. The lowest BCUT2D eigenvalue weighted by atomic mass is 10.3. The van der Waals surface area contributed by atoms with Gasteiger partial charge < -0.3 is 34.6 Å². The first-order valence-electron chi connectivity index (χ1n) is 7.74. The van der Waals surface area contributed by atoms with Crippen LogP contribution in [-0.2, 0) is 9.47 Å². The van der Waals surface area contributed by atoms with Crippen molar-refractivity contribution in [2.75, 3.05) is 39.6 Å². The SMILES string of the molecule is O.Oc1ccccc1OCCOCCOCCOc1ccccc1O. The first kappa shape index (κ1) is 20.6. The van der Waals surface area contributed by atoms with Gasteiger partial charge in [0.05, 0.1) is 26.4 Å². The molecule has 0 aliphatic carbocycles. The molecule has 0 heterocycles. The Kier molecular flexibility index (Phi) is 9.84. The summed E-state index contributed by atoms with van der Waals surface area (Å²) in [6.07, 6.45) is 0. The summed E-state index contributed by atoms with van der Waals surface area (Å²) in [5, 5.41) is 19.0. The van der Waals surface area contributed by atoms with Crippen LogP contribution >= 0.6 is 0 Å². The normalized spacial score (nSPS) is 10.1. The van der Waals surface area contributed by atoms with Gasteiger partial charge in [0.15, 0.2) is 23.0 Å². The van der Waals surface area contributed by atoms with Crippen LogP contribution in [-0.4, -0.2) is 55.3 Å². The molecule has 7 nitrogen and oxygen atoms in total. The summed E-state index contributed by atoms with van der Waals surface area (Å²) in [4.78, 5) is 0. The van der Waals surface area contributed by atoms with Crippen LogP contribution in [0.1, 0.15) is 0 Å². The molecular weight excluding hydrogens is 328 g/mol. The van der Waals surface area contributed by atoms with Crippen molar-refractivity contribution < 1.29 is 34.6 Å². The van der Waals surface area contributed by atoms with Gasteiger partial charge in [-0.15, -0.1) is 0 Å². The predicted octanol–water partition coefficient (Wildman–Crippen LogP) is 1.76. The quantitative estimate of drug-likeness (QED) is 0.597. The van der Waals surface area contributed by atoms with Crippen molar-refractivity contribution in [1.29, 1.82) is 0 Å². The van der Waals surface area contributed by atoms with Crippen molar-refractivity contribution in [3.8, 4) is 23.0 Å². The van der Waals surface area contributed by atoms with Crippen LogP contribution in [0, 0.1) is 0 Å². The molecule has 0 aromatic heterocycles. The Labute approximate surface area is 146 Å². The fourth-order valence-corrected chi connectivity index (χ4v) is 1.90. The number of hydrogen-bond acceptors (Lipinski definition) is 6. The van der Waals surface area contributed by atoms with E-state index in [4.69, 9.17) is 18.9 Å². The summed E-state index contributed by atoms with van der Waals surface area (Å²) >= 11 is 0. The molecule has 0 atom stereocenters. The lowest BCUT2D eigenvalue weighted by molar-refractivity contribution is 0.0269. The number of phenolic OH excluding ortho intramolecular Hbond substituents is 2. The van der Waals surface area contributed by atoms with Crippen LogP contribution in [0.25, 0.3) is 0 Å². The van der Waals surface area contributed by atoms with E-state index in [1.54, 1.807) is 48.5 Å². The molecule has 0 aliphatic heterocycles. The molecule has 0 bridgehead atoms. The maximum absolute atomic E-state index is 9.52. The Morgan fingerprint density at radius 3 is 1.32 bits per heavy atom. The molecule has 0 amide bonds. The number of para-hydroxylation sites is 4. The molecule has 0 saturated heterocycles. The summed E-state index contributed by atoms with van der Waals surface area (Å²) in [5.74, 6) is 1.12. The topological polar surface area (TPSA) is 109 Å². The maximum atomic E-state index is 9.52. The molecule has 0 radical (unpaired) electrons. The number of phenols is 2. The van der Waals surface area contributed by atoms with E-state index in [1.165, 1.54) is 0 Å². The molecule has 4 N–H and O–H groups in total. The van der Waals surface area contributed by atoms with Gasteiger partial charge in [-0.25, -0.2) is 0 Å². The van der Waals surface area contributed by atoms with Gasteiger partial charge in [0.1, 0.15) is 13.2 Å². The van der Waals surface area contributed by atoms with E-state index in [9.17, 15) is 10.2 Å². The first-order valence-corrected chi connectivity index (χ1v) is 7.74. The van der Waals surface area contributed by atoms with Gasteiger partial charge in [-0.1, -0.05) is 24.3 Å². The van der Waals surface area contributed by atoms with Crippen LogP contribution in [0.2, 0.25) is 0 Å². The summed E-state index contributed by atoms with van der Waals surface area (Å²) in [6.45, 7) is 2.42. The zero-order valence-corrected chi connectivity index (χ0v) is 13.9. The molecule has 0 spiro atoms. The molecule has 0 saturated carbocycles. The highest BCUT2D eigenvalue weighted by Gasteiger charge is 2.01. The minimum atomic E-state index is 0. The smallest absolute Gasteiger partial charge is 0.161 e. The summed E-state index contributed by atoms with van der Waals surface area (Å²) in [6, 6.07) is 13.6. The number of benzene rings is 2. The standard InChI is InChI=1S/C18H22O6.H2O/c19-15-5-1-3-7-17(15)23-13-11-21-9-10-22-12-14-24-18-8-4-2-6-16(18)20;/h1-8,19-20H,9-14H2;1H2. The molecule has 0 fully saturated rings. The van der Waals surface area contributed by atoms with Gasteiger partial charge in [-0.3, -0.25) is 0 Å². The average molecular weight is 352 g/mol. The van der Waals surface area contributed by atoms with Crippen LogP contribution < -0.4 is 9.47 Å². The van der Waals surface area contributed by atoms with Crippen LogP contribution in [0.5, 0.6) is 23.0 Å². The van der Waals surface area contributed by atoms with Gasteiger partial charge in [-0.05, 0) is 24.3 Å². The largest absolute Gasteiger partial charge is 0.504 e. The molecule has 25 heavy (non-hydrogen) atoms. The van der Waals surface area contributed by atoms with E-state index in [1.807, 2.05) is 0 Å². The van der Waals surface area contributed by atoms with Crippen LogP contribution in [0.4, 0.5) is 0 Å². The number of rotatable bonds is 11. The maximum Gasteiger partial charge on any atom is 0.161 e. The molecule has 7 heteroatoms.